The summed E-state index contributed by atoms with van der Waals surface area (Å²) in [6, 6.07) is 0. The normalized spacial score (nSPS) is 59.2. The topological polar surface area (TPSA) is 116 Å². The number of carbonyl (C=O) groups excluding carboxylic acids is 1. The van der Waals surface area contributed by atoms with Gasteiger partial charge in [-0.05, 0) is 42.6 Å². The number of Topliss-reactive ketones (excluding diaryl/α,β-unsaturated/α-hetero) is 1. The second-order valence-corrected chi connectivity index (χ2v) is 10.4. The third kappa shape index (κ3) is 1.66. The molecule has 4 N–H and O–H groups in total. The predicted molar refractivity (Wildman–Crippen MR) is 96.6 cm³/mol. The quantitative estimate of drug-likeness (QED) is 0.474. The van der Waals surface area contributed by atoms with Gasteiger partial charge >= 0.3 is 0 Å². The summed E-state index contributed by atoms with van der Waals surface area (Å²) < 4.78 is 11.6. The summed E-state index contributed by atoms with van der Waals surface area (Å²) in [4.78, 5) is 13.5. The van der Waals surface area contributed by atoms with Gasteiger partial charge in [0.2, 0.25) is 5.79 Å². The minimum atomic E-state index is -2.20. The van der Waals surface area contributed by atoms with Gasteiger partial charge in [0.05, 0.1) is 23.0 Å². The second kappa shape index (κ2) is 5.25. The Morgan fingerprint density at radius 3 is 2.54 bits per heavy atom. The molecule has 0 amide bonds. The van der Waals surface area contributed by atoms with E-state index in [1.54, 1.807) is 0 Å². The molecule has 2 aliphatic heterocycles. The van der Waals surface area contributed by atoms with Crippen molar-refractivity contribution >= 4 is 5.78 Å². The average Bonchev–Trinajstić information content (AvgIpc) is 2.82. The van der Waals surface area contributed by atoms with E-state index in [1.165, 1.54) is 7.11 Å². The minimum absolute atomic E-state index is 0.262. The van der Waals surface area contributed by atoms with Crippen LogP contribution in [0, 0.1) is 34.0 Å². The molecule has 156 valence electrons. The van der Waals surface area contributed by atoms with Crippen molar-refractivity contribution in [1.82, 2.24) is 0 Å². The molecule has 2 heterocycles. The molecule has 7 nitrogen and oxygen atoms in total. The number of rotatable bonds is 1. The lowest BCUT2D eigenvalue weighted by atomic mass is 9.35. The summed E-state index contributed by atoms with van der Waals surface area (Å²) in [6.45, 7) is 7.91. The molecule has 10 atom stereocenters. The molecule has 4 saturated carbocycles. The Balaban J connectivity index is 1.85. The van der Waals surface area contributed by atoms with E-state index < -0.39 is 58.5 Å². The first kappa shape index (κ1) is 19.2. The number of methoxy groups -OCH3 is 1. The van der Waals surface area contributed by atoms with Gasteiger partial charge in [-0.15, -0.1) is 0 Å². The molecule has 0 aromatic carbocycles. The van der Waals surface area contributed by atoms with E-state index in [-0.39, 0.29) is 18.1 Å². The van der Waals surface area contributed by atoms with Crippen molar-refractivity contribution in [2.24, 2.45) is 34.0 Å². The standard InChI is InChI=1S/C21H30O7/c1-9-10-7-11(22)13-19(8-10,15(9)24)21(26)16(25)14-18(2,3)6-5-12(23)20(13,14)17(27-4)28-21/h10-14,16-17,22-23,25-26H,1,5-8H2,2-4H3/t10-,11+,12+,13-,14-,16+,17+,19+,20+,21-/m1/s1. The Morgan fingerprint density at radius 2 is 1.89 bits per heavy atom. The summed E-state index contributed by atoms with van der Waals surface area (Å²) in [7, 11) is 1.43. The lowest BCUT2D eigenvalue weighted by molar-refractivity contribution is -0.508. The first-order chi connectivity index (χ1) is 13.0. The number of carbonyl (C=O) groups is 1. The number of ketones is 1. The molecule has 2 spiro atoms. The summed E-state index contributed by atoms with van der Waals surface area (Å²) in [6.07, 6.45) is -2.61. The molecule has 0 aromatic rings. The van der Waals surface area contributed by atoms with Crippen LogP contribution < -0.4 is 0 Å². The summed E-state index contributed by atoms with van der Waals surface area (Å²) >= 11 is 0. The fourth-order valence-electron chi connectivity index (χ4n) is 8.15. The zero-order valence-corrected chi connectivity index (χ0v) is 16.6. The molecular weight excluding hydrogens is 364 g/mol. The Morgan fingerprint density at radius 1 is 1.21 bits per heavy atom. The van der Waals surface area contributed by atoms with Gasteiger partial charge in [0, 0.05) is 18.9 Å². The molecule has 6 rings (SSSR count). The summed E-state index contributed by atoms with van der Waals surface area (Å²) in [5, 5.41) is 45.9. The van der Waals surface area contributed by atoms with Gasteiger partial charge in [-0.3, -0.25) is 4.79 Å². The Labute approximate surface area is 164 Å². The van der Waals surface area contributed by atoms with E-state index in [4.69, 9.17) is 9.47 Å². The number of aliphatic hydroxyl groups is 4. The average molecular weight is 394 g/mol. The Hall–Kier alpha value is -0.830. The largest absolute Gasteiger partial charge is 0.393 e. The highest BCUT2D eigenvalue weighted by atomic mass is 16.7. The third-order valence-corrected chi connectivity index (χ3v) is 9.02. The molecule has 6 fully saturated rings. The monoisotopic (exact) mass is 394 g/mol. The zero-order valence-electron chi connectivity index (χ0n) is 16.6. The third-order valence-electron chi connectivity index (χ3n) is 9.02. The predicted octanol–water partition coefficient (Wildman–Crippen LogP) is 0.348. The molecule has 7 heteroatoms. The van der Waals surface area contributed by atoms with Crippen LogP contribution in [0.3, 0.4) is 0 Å². The Bertz CT molecular complexity index is 764. The Kier molecular flexibility index (Phi) is 3.59. The fourth-order valence-corrected chi connectivity index (χ4v) is 8.15. The van der Waals surface area contributed by atoms with Gasteiger partial charge in [-0.2, -0.15) is 0 Å². The second-order valence-electron chi connectivity index (χ2n) is 10.4. The number of hydrogen-bond donors (Lipinski definition) is 4. The van der Waals surface area contributed by atoms with Gasteiger partial charge in [0.15, 0.2) is 12.1 Å². The van der Waals surface area contributed by atoms with Crippen molar-refractivity contribution in [2.45, 2.75) is 69.9 Å². The van der Waals surface area contributed by atoms with Crippen LogP contribution in [0.15, 0.2) is 12.2 Å². The molecule has 0 radical (unpaired) electrons. The maximum absolute atomic E-state index is 13.5. The van der Waals surface area contributed by atoms with E-state index in [0.29, 0.717) is 24.8 Å². The number of hydrogen-bond acceptors (Lipinski definition) is 7. The molecule has 4 bridgehead atoms. The van der Waals surface area contributed by atoms with Gasteiger partial charge in [0.1, 0.15) is 6.10 Å². The first-order valence-corrected chi connectivity index (χ1v) is 10.2. The highest BCUT2D eigenvalue weighted by Crippen LogP contribution is 2.77. The van der Waals surface area contributed by atoms with Gasteiger partial charge < -0.3 is 29.9 Å². The van der Waals surface area contributed by atoms with Gasteiger partial charge in [0.25, 0.3) is 0 Å². The lowest BCUT2D eigenvalue weighted by Gasteiger charge is -2.76. The maximum Gasteiger partial charge on any atom is 0.208 e. The van der Waals surface area contributed by atoms with Crippen LogP contribution in [-0.4, -0.2) is 63.7 Å². The van der Waals surface area contributed by atoms with Crippen LogP contribution in [0.2, 0.25) is 0 Å². The van der Waals surface area contributed by atoms with Crippen molar-refractivity contribution in [2.75, 3.05) is 7.11 Å². The molecule has 2 saturated heterocycles. The van der Waals surface area contributed by atoms with E-state index in [1.807, 2.05) is 13.8 Å². The van der Waals surface area contributed by atoms with Gasteiger partial charge in [-0.25, -0.2) is 0 Å². The minimum Gasteiger partial charge on any atom is -0.393 e. The van der Waals surface area contributed by atoms with E-state index in [9.17, 15) is 25.2 Å². The maximum atomic E-state index is 13.5. The SMILES string of the molecule is C=C1C(=O)[C@]23C[C@H]1C[C@H](O)[C@H]2[C@]12[C@@H](OC)O[C@]3(O)[C@@H](O)[C@@H]1C(C)(C)CC[C@@H]2O. The van der Waals surface area contributed by atoms with E-state index in [2.05, 4.69) is 6.58 Å². The lowest BCUT2D eigenvalue weighted by Crippen LogP contribution is -2.87. The van der Waals surface area contributed by atoms with Crippen molar-refractivity contribution in [1.29, 1.82) is 0 Å². The number of fused-ring (bicyclic) bond motifs is 2. The van der Waals surface area contributed by atoms with Crippen molar-refractivity contribution in [3.63, 3.8) is 0 Å². The van der Waals surface area contributed by atoms with Crippen LogP contribution in [0.5, 0.6) is 0 Å². The molecule has 0 unspecified atom stereocenters. The van der Waals surface area contributed by atoms with E-state index >= 15 is 0 Å². The van der Waals surface area contributed by atoms with Crippen LogP contribution in [0.4, 0.5) is 0 Å². The molecule has 4 aliphatic carbocycles. The van der Waals surface area contributed by atoms with Crippen LogP contribution in [0.25, 0.3) is 0 Å². The fraction of sp³-hybridized carbons (Fsp3) is 0.857. The number of allylic oxidation sites excluding steroid dienone is 1. The van der Waals surface area contributed by atoms with Crippen LogP contribution in [0.1, 0.15) is 39.5 Å². The van der Waals surface area contributed by atoms with Crippen LogP contribution >= 0.6 is 0 Å². The zero-order chi connectivity index (χ0) is 20.4. The summed E-state index contributed by atoms with van der Waals surface area (Å²) in [5.74, 6) is -4.20. The highest BCUT2D eigenvalue weighted by Gasteiger charge is 2.88. The van der Waals surface area contributed by atoms with Crippen molar-refractivity contribution in [3.05, 3.63) is 12.2 Å². The molecular formula is C21H30O7. The smallest absolute Gasteiger partial charge is 0.208 e. The van der Waals surface area contributed by atoms with Crippen molar-refractivity contribution in [3.8, 4) is 0 Å². The first-order valence-electron chi connectivity index (χ1n) is 10.2. The van der Waals surface area contributed by atoms with E-state index in [0.717, 1.165) is 0 Å². The van der Waals surface area contributed by atoms with Crippen molar-refractivity contribution < 1.29 is 34.7 Å². The molecule has 0 aromatic heterocycles. The highest BCUT2D eigenvalue weighted by molar-refractivity contribution is 6.04. The summed E-state index contributed by atoms with van der Waals surface area (Å²) in [5.41, 5.74) is -2.81. The number of ether oxygens (including phenoxy) is 2. The van der Waals surface area contributed by atoms with Crippen LogP contribution in [-0.2, 0) is 14.3 Å². The number of aliphatic hydroxyl groups excluding tert-OH is 3. The molecule has 6 aliphatic rings. The van der Waals surface area contributed by atoms with Gasteiger partial charge in [-0.1, -0.05) is 20.4 Å². The molecule has 28 heavy (non-hydrogen) atoms.